The van der Waals surface area contributed by atoms with Crippen molar-refractivity contribution in [3.63, 3.8) is 0 Å². The van der Waals surface area contributed by atoms with Gasteiger partial charge in [-0.05, 0) is 151 Å². The monoisotopic (exact) mass is 1150 g/mol. The highest BCUT2D eigenvalue weighted by Crippen LogP contribution is 2.40. The Balaban J connectivity index is 0.000000438. The molecule has 2 N–H and O–H groups in total. The molecule has 0 aromatic heterocycles. The molecule has 0 radical (unpaired) electrons. The van der Waals surface area contributed by atoms with Crippen LogP contribution in [0.25, 0.3) is 12.2 Å². The predicted molar refractivity (Wildman–Crippen MR) is 310 cm³/mol. The van der Waals surface area contributed by atoms with E-state index in [0.29, 0.717) is 41.7 Å². The van der Waals surface area contributed by atoms with Gasteiger partial charge in [-0.3, -0.25) is 0 Å². The number of ether oxygens (including phenoxy) is 7. The van der Waals surface area contributed by atoms with Crippen molar-refractivity contribution >= 4 is 40.5 Å². The smallest absolute Gasteiger partial charge is 0.387 e. The number of carboxylic acids is 1. The summed E-state index contributed by atoms with van der Waals surface area (Å²) in [6.07, 6.45) is 14.9. The first kappa shape index (κ1) is 69.1. The summed E-state index contributed by atoms with van der Waals surface area (Å²) in [4.78, 5) is 24.9. The van der Waals surface area contributed by atoms with Gasteiger partial charge < -0.3 is 47.8 Å². The van der Waals surface area contributed by atoms with Crippen LogP contribution in [0.2, 0.25) is 43.8 Å². The van der Waals surface area contributed by atoms with E-state index >= 15 is 0 Å². The van der Waals surface area contributed by atoms with Crippen LogP contribution < -0.4 is 9.47 Å². The first-order valence-electron chi connectivity index (χ1n) is 27.6. The van der Waals surface area contributed by atoms with E-state index < -0.39 is 59.2 Å². The highest BCUT2D eigenvalue weighted by Gasteiger charge is 2.44. The van der Waals surface area contributed by atoms with Crippen molar-refractivity contribution in [2.75, 3.05) is 6.61 Å². The molecule has 4 rings (SSSR count). The number of carboxylic acid groups (broad SMARTS) is 1. The fourth-order valence-electron chi connectivity index (χ4n) is 8.89. The van der Waals surface area contributed by atoms with Gasteiger partial charge in [-0.2, -0.15) is 17.6 Å². The average Bonchev–Trinajstić information content (AvgIpc) is 3.78. The number of carbonyl (C=O) groups is 2. The summed E-state index contributed by atoms with van der Waals surface area (Å²) in [5, 5.41) is 19.4. The van der Waals surface area contributed by atoms with Crippen molar-refractivity contribution in [3.05, 3.63) is 94.1 Å². The van der Waals surface area contributed by atoms with Crippen molar-refractivity contribution < 1.29 is 74.9 Å². The van der Waals surface area contributed by atoms with Crippen molar-refractivity contribution in [2.45, 2.75) is 222 Å². The summed E-state index contributed by atoms with van der Waals surface area (Å²) in [7, 11) is -3.29. The Morgan fingerprint density at radius 1 is 0.671 bits per heavy atom. The molecule has 0 aliphatic carbocycles. The first-order chi connectivity index (χ1) is 36.2. The predicted octanol–water partition coefficient (Wildman–Crippen LogP) is 15.7. The van der Waals surface area contributed by atoms with E-state index in [0.717, 1.165) is 6.04 Å². The molecule has 2 aliphatic rings. The number of esters is 1. The highest BCUT2D eigenvalue weighted by molar-refractivity contribution is 6.76. The molecular weight excluding hydrogens is 1060 g/mol. The first-order valence-corrected chi connectivity index (χ1v) is 34.2. The van der Waals surface area contributed by atoms with Crippen LogP contribution in [0.4, 0.5) is 17.6 Å². The van der Waals surface area contributed by atoms with Crippen molar-refractivity contribution in [2.24, 2.45) is 23.7 Å². The normalized spacial score (nSPS) is 22.1. The number of alkyl halides is 4. The van der Waals surface area contributed by atoms with Gasteiger partial charge in [0.25, 0.3) is 0 Å². The number of aryl methyl sites for hydroxylation is 2. The minimum Gasteiger partial charge on any atom is -0.478 e. The van der Waals surface area contributed by atoms with Gasteiger partial charge in [0.2, 0.25) is 0 Å². The Kier molecular flexibility index (Phi) is 25.6. The number of hydrogen-bond acceptors (Lipinski definition) is 11. The molecule has 0 saturated carbocycles. The minimum atomic E-state index is -3.00. The third-order valence-corrected chi connectivity index (χ3v) is 20.9. The minimum absolute atomic E-state index is 0.00143. The Morgan fingerprint density at radius 2 is 1.09 bits per heavy atom. The Hall–Kier alpha value is -4.15. The summed E-state index contributed by atoms with van der Waals surface area (Å²) in [5.74, 6) is -2.99. The van der Waals surface area contributed by atoms with E-state index in [1.54, 1.807) is 32.1 Å². The number of rotatable bonds is 25. The van der Waals surface area contributed by atoms with Crippen molar-refractivity contribution in [1.82, 2.24) is 0 Å². The molecule has 0 amide bonds. The molecule has 2 aliphatic heterocycles. The second-order valence-electron chi connectivity index (χ2n) is 25.0. The molecule has 18 heteroatoms. The van der Waals surface area contributed by atoms with Crippen LogP contribution in [-0.2, 0) is 28.1 Å². The molecule has 2 aromatic rings. The van der Waals surface area contributed by atoms with Gasteiger partial charge >= 0.3 is 25.2 Å². The molecule has 2 aromatic carbocycles. The zero-order chi connectivity index (χ0) is 60.2. The molecular formula is C61H94F4O12Si2. The van der Waals surface area contributed by atoms with Crippen LogP contribution >= 0.6 is 0 Å². The largest absolute Gasteiger partial charge is 0.478 e. The molecule has 2 unspecified atom stereocenters. The molecule has 2 fully saturated rings. The topological polar surface area (TPSA) is 148 Å². The lowest BCUT2D eigenvalue weighted by atomic mass is 9.94. The average molecular weight is 1150 g/mol. The van der Waals surface area contributed by atoms with Crippen LogP contribution in [-0.4, -0.2) is 107 Å². The van der Waals surface area contributed by atoms with Gasteiger partial charge in [0.15, 0.2) is 19.9 Å². The van der Waals surface area contributed by atoms with Gasteiger partial charge in [-0.1, -0.05) is 117 Å². The SMILES string of the molecule is Cc1cc(OC(F)F)cc(/C=C/C[C@@H]2OC(C)(C)O[C@@H]2C(C)/C=C\[C@@H](C)[C@H](C)O)c1C(=O)O.Cc1cc(OC(F)F)cc(/C=C/C[C@@H]2OC(C)(C)O[C@@H]2C(C)/C=C\[C@@H](C)[C@H](C)O[Si](C)(C)C(C)(C)C)c1C(=O)OCC[Si](C)(C)C. The number of aliphatic hydroxyl groups is 1. The van der Waals surface area contributed by atoms with E-state index in [-0.39, 0.29) is 81.9 Å². The quantitative estimate of drug-likeness (QED) is 0.0422. The maximum Gasteiger partial charge on any atom is 0.387 e. The standard InChI is InChI=1S/C36H60F2O6Si2.C25H34F2O6/c1-24(27(4)44-46(13,14)35(5,6)7)18-19-25(2)32-30(42-36(8,9)43-32)17-15-16-28-23-29(41-34(37)38)22-26(3)31(28)33(39)40-20-21-45(10,11)12;1-14(17(4)28)10-11-15(2)22-20(32-25(5,6)33-22)9-7-8-18-13-19(31-24(26)27)12-16(3)21(18)23(29)30/h15-16,18-19,22-25,27,30,32,34H,17,20-21H2,1-14H3;7-8,10-15,17,20,22,24,28H,9H2,1-6H3,(H,29,30)/b16-15+,19-18-;8-7+,11-10-/t24-,25?,27+,30+,32-;14-,15?,17+,20+,22-/m11/s1. The summed E-state index contributed by atoms with van der Waals surface area (Å²) in [5.41, 5.74) is 1.93. The van der Waals surface area contributed by atoms with Crippen LogP contribution in [0.15, 0.2) is 60.7 Å². The number of aliphatic hydroxyl groups excluding tert-OH is 1. The number of benzene rings is 2. The Labute approximate surface area is 471 Å². The summed E-state index contributed by atoms with van der Waals surface area (Å²) < 4.78 is 97.6. The van der Waals surface area contributed by atoms with E-state index in [1.165, 1.54) is 31.2 Å². The van der Waals surface area contributed by atoms with E-state index in [2.05, 4.69) is 95.9 Å². The summed E-state index contributed by atoms with van der Waals surface area (Å²) >= 11 is 0. The second kappa shape index (κ2) is 29.2. The van der Waals surface area contributed by atoms with Crippen molar-refractivity contribution in [1.29, 1.82) is 0 Å². The van der Waals surface area contributed by atoms with Gasteiger partial charge in [0, 0.05) is 26.0 Å². The molecule has 0 bridgehead atoms. The Morgan fingerprint density at radius 3 is 1.48 bits per heavy atom. The number of halogens is 4. The molecule has 10 atom stereocenters. The zero-order valence-corrected chi connectivity index (χ0v) is 52.7. The molecule has 0 spiro atoms. The van der Waals surface area contributed by atoms with Gasteiger partial charge in [0.1, 0.15) is 11.5 Å². The summed E-state index contributed by atoms with van der Waals surface area (Å²) in [6.45, 7) is 35.1. The number of carbonyl (C=O) groups excluding carboxylic acids is 1. The van der Waals surface area contributed by atoms with Gasteiger partial charge in [-0.15, -0.1) is 0 Å². The van der Waals surface area contributed by atoms with E-state index in [1.807, 2.05) is 59.8 Å². The van der Waals surface area contributed by atoms with Crippen LogP contribution in [0.3, 0.4) is 0 Å². The van der Waals surface area contributed by atoms with Crippen LogP contribution in [0.5, 0.6) is 11.5 Å². The van der Waals surface area contributed by atoms with E-state index in [9.17, 15) is 37.4 Å². The summed E-state index contributed by atoms with van der Waals surface area (Å²) in [6, 6.07) is 6.30. The molecule has 2 saturated heterocycles. The molecule has 2 heterocycles. The zero-order valence-electron chi connectivity index (χ0n) is 50.7. The van der Waals surface area contributed by atoms with Gasteiger partial charge in [0.05, 0.1) is 48.3 Å². The van der Waals surface area contributed by atoms with Crippen LogP contribution in [0, 0.1) is 37.5 Å². The lowest BCUT2D eigenvalue weighted by Crippen LogP contribution is -2.44. The fourth-order valence-corrected chi connectivity index (χ4v) is 11.1. The highest BCUT2D eigenvalue weighted by atomic mass is 28.4. The van der Waals surface area contributed by atoms with Crippen molar-refractivity contribution in [3.8, 4) is 11.5 Å². The molecule has 12 nitrogen and oxygen atoms in total. The fraction of sp³-hybridized carbons (Fsp3) is 0.639. The van der Waals surface area contributed by atoms with E-state index in [4.69, 9.17) is 28.1 Å². The van der Waals surface area contributed by atoms with Crippen LogP contribution in [0.1, 0.15) is 146 Å². The van der Waals surface area contributed by atoms with Gasteiger partial charge in [-0.25, -0.2) is 9.59 Å². The Bertz CT molecular complexity index is 2420. The molecule has 446 valence electrons. The third-order valence-electron chi connectivity index (χ3n) is 14.7. The lowest BCUT2D eigenvalue weighted by molar-refractivity contribution is -0.148. The lowest BCUT2D eigenvalue weighted by Gasteiger charge is -2.39. The molecule has 79 heavy (non-hydrogen) atoms. The number of hydrogen-bond donors (Lipinski definition) is 2. The number of aromatic carboxylic acids is 1. The second-order valence-corrected chi connectivity index (χ2v) is 35.4. The third kappa shape index (κ3) is 22.3. The maximum atomic E-state index is 13.2. The maximum absolute atomic E-state index is 13.2.